The van der Waals surface area contributed by atoms with Crippen LogP contribution < -0.4 is 5.32 Å². The number of rotatable bonds is 5. The number of aryl methyl sites for hydroxylation is 1. The normalized spacial score (nSPS) is 10.3. The highest BCUT2D eigenvalue weighted by molar-refractivity contribution is 9.10. The van der Waals surface area contributed by atoms with Crippen molar-refractivity contribution in [2.75, 3.05) is 17.6 Å². The van der Waals surface area contributed by atoms with E-state index in [4.69, 9.17) is 0 Å². The Balaban J connectivity index is 1.73. The van der Waals surface area contributed by atoms with Crippen molar-refractivity contribution in [1.82, 2.24) is 0 Å². The van der Waals surface area contributed by atoms with Gasteiger partial charge in [-0.05, 0) is 43.3 Å². The maximum atomic E-state index is 3.44. The first-order valence-corrected chi connectivity index (χ1v) is 7.71. The average Bonchev–Trinajstić information content (AvgIpc) is 2.39. The van der Waals surface area contributed by atoms with Crippen LogP contribution in [0.1, 0.15) is 5.56 Å². The minimum absolute atomic E-state index is 0.976. The van der Waals surface area contributed by atoms with E-state index in [1.54, 1.807) is 0 Å². The smallest absolute Gasteiger partial charge is 0.0340 e. The summed E-state index contributed by atoms with van der Waals surface area (Å²) in [4.78, 5) is 1.31. The van der Waals surface area contributed by atoms with E-state index in [1.165, 1.54) is 16.1 Å². The van der Waals surface area contributed by atoms with Crippen molar-refractivity contribution >= 4 is 33.4 Å². The zero-order valence-electron chi connectivity index (χ0n) is 10.3. The molecule has 1 nitrogen and oxygen atoms in total. The summed E-state index contributed by atoms with van der Waals surface area (Å²) in [6.45, 7) is 3.08. The third-order valence-electron chi connectivity index (χ3n) is 2.57. The van der Waals surface area contributed by atoms with E-state index in [0.29, 0.717) is 0 Å². The fourth-order valence-corrected chi connectivity index (χ4v) is 2.60. The molecule has 1 N–H and O–H groups in total. The second-order valence-electron chi connectivity index (χ2n) is 4.10. The van der Waals surface area contributed by atoms with Crippen molar-refractivity contribution in [1.29, 1.82) is 0 Å². The van der Waals surface area contributed by atoms with E-state index in [2.05, 4.69) is 76.7 Å². The lowest BCUT2D eigenvalue weighted by Crippen LogP contribution is -2.03. The van der Waals surface area contributed by atoms with Gasteiger partial charge in [-0.2, -0.15) is 0 Å². The summed E-state index contributed by atoms with van der Waals surface area (Å²) in [6.07, 6.45) is 0. The van der Waals surface area contributed by atoms with Gasteiger partial charge < -0.3 is 5.32 Å². The maximum absolute atomic E-state index is 3.44. The van der Waals surface area contributed by atoms with Gasteiger partial charge in [0.25, 0.3) is 0 Å². The Hall–Kier alpha value is -0.930. The van der Waals surface area contributed by atoms with Gasteiger partial charge in [0, 0.05) is 27.4 Å². The lowest BCUT2D eigenvalue weighted by atomic mass is 10.2. The molecule has 0 aromatic heterocycles. The highest BCUT2D eigenvalue weighted by atomic mass is 79.9. The largest absolute Gasteiger partial charge is 0.384 e. The second-order valence-corrected chi connectivity index (χ2v) is 6.18. The van der Waals surface area contributed by atoms with Crippen molar-refractivity contribution in [2.24, 2.45) is 0 Å². The topological polar surface area (TPSA) is 12.0 Å². The molecule has 2 rings (SSSR count). The van der Waals surface area contributed by atoms with Gasteiger partial charge in [0.1, 0.15) is 0 Å². The number of nitrogens with one attached hydrogen (secondary N) is 1. The van der Waals surface area contributed by atoms with Crippen LogP contribution in [0, 0.1) is 6.92 Å². The molecular weight excluding hydrogens is 306 g/mol. The summed E-state index contributed by atoms with van der Waals surface area (Å²) < 4.78 is 1.13. The number of anilines is 1. The molecule has 0 heterocycles. The van der Waals surface area contributed by atoms with Gasteiger partial charge in [-0.25, -0.2) is 0 Å². The third-order valence-corrected chi connectivity index (χ3v) is 4.11. The van der Waals surface area contributed by atoms with Gasteiger partial charge in [0.05, 0.1) is 0 Å². The SMILES string of the molecule is Cc1ccc(NCCSc2ccc(Br)cc2)cc1. The van der Waals surface area contributed by atoms with E-state index in [1.807, 2.05) is 11.8 Å². The predicted molar refractivity (Wildman–Crippen MR) is 84.5 cm³/mol. The van der Waals surface area contributed by atoms with Crippen LogP contribution in [0.5, 0.6) is 0 Å². The van der Waals surface area contributed by atoms with Crippen LogP contribution in [0.25, 0.3) is 0 Å². The van der Waals surface area contributed by atoms with Crippen LogP contribution in [0.2, 0.25) is 0 Å². The van der Waals surface area contributed by atoms with Crippen molar-refractivity contribution < 1.29 is 0 Å². The molecule has 18 heavy (non-hydrogen) atoms. The summed E-state index contributed by atoms with van der Waals surface area (Å²) in [5, 5.41) is 3.42. The summed E-state index contributed by atoms with van der Waals surface area (Å²) in [5.74, 6) is 1.06. The molecule has 94 valence electrons. The van der Waals surface area contributed by atoms with Gasteiger partial charge >= 0.3 is 0 Å². The molecule has 0 bridgehead atoms. The van der Waals surface area contributed by atoms with Gasteiger partial charge in [-0.15, -0.1) is 11.8 Å². The van der Waals surface area contributed by atoms with E-state index >= 15 is 0 Å². The minimum Gasteiger partial charge on any atom is -0.384 e. The zero-order chi connectivity index (χ0) is 12.8. The van der Waals surface area contributed by atoms with Crippen LogP contribution in [-0.2, 0) is 0 Å². The number of thioether (sulfide) groups is 1. The summed E-state index contributed by atoms with van der Waals surface area (Å²) in [5.41, 5.74) is 2.49. The lowest BCUT2D eigenvalue weighted by Gasteiger charge is -2.06. The molecule has 0 fully saturated rings. The van der Waals surface area contributed by atoms with Crippen LogP contribution >= 0.6 is 27.7 Å². The van der Waals surface area contributed by atoms with Crippen LogP contribution in [0.3, 0.4) is 0 Å². The first-order chi connectivity index (χ1) is 8.74. The van der Waals surface area contributed by atoms with E-state index in [9.17, 15) is 0 Å². The van der Waals surface area contributed by atoms with Gasteiger partial charge in [0.15, 0.2) is 0 Å². The first kappa shape index (κ1) is 13.5. The summed E-state index contributed by atoms with van der Waals surface area (Å²) in [7, 11) is 0. The lowest BCUT2D eigenvalue weighted by molar-refractivity contribution is 1.22. The predicted octanol–water partition coefficient (Wildman–Crippen LogP) is 4.96. The third kappa shape index (κ3) is 4.39. The first-order valence-electron chi connectivity index (χ1n) is 5.93. The minimum atomic E-state index is 0.976. The number of halogens is 1. The van der Waals surface area contributed by atoms with Gasteiger partial charge in [-0.1, -0.05) is 33.6 Å². The summed E-state index contributed by atoms with van der Waals surface area (Å²) in [6, 6.07) is 16.9. The highest BCUT2D eigenvalue weighted by Crippen LogP contribution is 2.20. The Morgan fingerprint density at radius 2 is 1.67 bits per heavy atom. The van der Waals surface area contributed by atoms with E-state index in [0.717, 1.165) is 16.8 Å². The molecule has 0 aliphatic carbocycles. The molecular formula is C15H16BrNS. The molecule has 0 aliphatic heterocycles. The van der Waals surface area contributed by atoms with Gasteiger partial charge in [-0.3, -0.25) is 0 Å². The van der Waals surface area contributed by atoms with Crippen molar-refractivity contribution in [3.05, 3.63) is 58.6 Å². The van der Waals surface area contributed by atoms with Crippen LogP contribution in [0.4, 0.5) is 5.69 Å². The van der Waals surface area contributed by atoms with Crippen LogP contribution in [0.15, 0.2) is 57.9 Å². The standard InChI is InChI=1S/C15H16BrNS/c1-12-2-6-14(7-3-12)17-10-11-18-15-8-4-13(16)5-9-15/h2-9,17H,10-11H2,1H3. The Bertz CT molecular complexity index is 431. The summed E-state index contributed by atoms with van der Waals surface area (Å²) >= 11 is 5.31. The van der Waals surface area contributed by atoms with E-state index < -0.39 is 0 Å². The fourth-order valence-electron chi connectivity index (χ4n) is 1.57. The molecule has 0 radical (unpaired) electrons. The highest BCUT2D eigenvalue weighted by Gasteiger charge is 1.95. The Labute approximate surface area is 121 Å². The molecule has 3 heteroatoms. The molecule has 0 atom stereocenters. The van der Waals surface area contributed by atoms with E-state index in [-0.39, 0.29) is 0 Å². The Kier molecular flexibility index (Phi) is 5.14. The monoisotopic (exact) mass is 321 g/mol. The molecule has 0 unspecified atom stereocenters. The maximum Gasteiger partial charge on any atom is 0.0340 e. The number of hydrogen-bond donors (Lipinski definition) is 1. The number of benzene rings is 2. The average molecular weight is 322 g/mol. The zero-order valence-corrected chi connectivity index (χ0v) is 12.7. The molecule has 0 aliphatic rings. The molecule has 0 saturated carbocycles. The Morgan fingerprint density at radius 1 is 1.00 bits per heavy atom. The van der Waals surface area contributed by atoms with Gasteiger partial charge in [0.2, 0.25) is 0 Å². The molecule has 2 aromatic rings. The fraction of sp³-hybridized carbons (Fsp3) is 0.200. The second kappa shape index (κ2) is 6.86. The van der Waals surface area contributed by atoms with Crippen molar-refractivity contribution in [3.63, 3.8) is 0 Å². The number of hydrogen-bond acceptors (Lipinski definition) is 2. The Morgan fingerprint density at radius 3 is 2.33 bits per heavy atom. The molecule has 2 aromatic carbocycles. The quantitative estimate of drug-likeness (QED) is 0.617. The van der Waals surface area contributed by atoms with Crippen molar-refractivity contribution in [3.8, 4) is 0 Å². The van der Waals surface area contributed by atoms with Crippen molar-refractivity contribution in [2.45, 2.75) is 11.8 Å². The molecule has 0 spiro atoms. The molecule has 0 amide bonds. The van der Waals surface area contributed by atoms with Crippen LogP contribution in [-0.4, -0.2) is 12.3 Å². The molecule has 0 saturated heterocycles.